The molecular weight excluding hydrogens is 265 g/mol. The summed E-state index contributed by atoms with van der Waals surface area (Å²) >= 11 is 2.23. The lowest BCUT2D eigenvalue weighted by Gasteiger charge is -2.05. The highest BCUT2D eigenvalue weighted by Crippen LogP contribution is 2.21. The van der Waals surface area contributed by atoms with Crippen LogP contribution in [0.5, 0.6) is 0 Å². The van der Waals surface area contributed by atoms with Crippen LogP contribution in [0.3, 0.4) is 0 Å². The average Bonchev–Trinajstić information content (AvgIpc) is 2.05. The summed E-state index contributed by atoms with van der Waals surface area (Å²) in [6.07, 6.45) is 1.56. The lowest BCUT2D eigenvalue weighted by atomic mass is 10.1. The Morgan fingerprint density at radius 2 is 2.17 bits per heavy atom. The number of halogens is 1. The minimum absolute atomic E-state index is 0.0874. The number of aliphatic imine (C=N–C) groups is 1. The molecule has 0 saturated heterocycles. The first-order valence-electron chi connectivity index (χ1n) is 3.57. The van der Waals surface area contributed by atoms with Gasteiger partial charge in [-0.05, 0) is 41.1 Å². The first-order valence-corrected chi connectivity index (χ1v) is 4.65. The van der Waals surface area contributed by atoms with Crippen molar-refractivity contribution in [3.63, 3.8) is 0 Å². The third-order valence-electron chi connectivity index (χ3n) is 1.60. The molecule has 0 spiro atoms. The molecule has 1 rings (SSSR count). The molecule has 3 heteroatoms. The molecule has 1 aromatic carbocycles. The van der Waals surface area contributed by atoms with E-state index < -0.39 is 0 Å². The summed E-state index contributed by atoms with van der Waals surface area (Å²) in [4.78, 5) is 13.7. The number of hydrogen-bond acceptors (Lipinski definition) is 2. The molecule has 0 amide bonds. The Bertz CT molecular complexity index is 318. The number of nitrogens with zero attached hydrogens (tertiary/aromatic N) is 1. The van der Waals surface area contributed by atoms with Crippen LogP contribution in [0.2, 0.25) is 0 Å². The molecule has 0 heterocycles. The Morgan fingerprint density at radius 3 is 2.75 bits per heavy atom. The molecular formula is C9H8INO. The molecule has 0 aliphatic carbocycles. The first-order chi connectivity index (χ1) is 5.75. The maximum Gasteiger partial charge on any atom is 0.235 e. The average molecular weight is 273 g/mol. The van der Waals surface area contributed by atoms with E-state index in [1.807, 2.05) is 31.2 Å². The Balaban J connectivity index is 3.02. The van der Waals surface area contributed by atoms with E-state index in [9.17, 15) is 4.79 Å². The van der Waals surface area contributed by atoms with E-state index in [0.29, 0.717) is 0 Å². The molecule has 0 fully saturated rings. The third-order valence-corrected chi connectivity index (χ3v) is 2.58. The van der Waals surface area contributed by atoms with Gasteiger partial charge in [-0.15, -0.1) is 0 Å². The van der Waals surface area contributed by atoms with E-state index >= 15 is 0 Å². The topological polar surface area (TPSA) is 29.4 Å². The summed E-state index contributed by atoms with van der Waals surface area (Å²) in [5.41, 5.74) is 1.07. The number of hydrogen-bond donors (Lipinski definition) is 0. The number of benzene rings is 1. The van der Waals surface area contributed by atoms with Crippen molar-refractivity contribution < 1.29 is 4.79 Å². The van der Waals surface area contributed by atoms with E-state index in [1.54, 1.807) is 6.08 Å². The highest BCUT2D eigenvalue weighted by atomic mass is 127. The Kier molecular flexibility index (Phi) is 3.44. The normalized spacial score (nSPS) is 11.8. The highest BCUT2D eigenvalue weighted by molar-refractivity contribution is 14.1. The second-order valence-corrected chi connectivity index (χ2v) is 3.58. The van der Waals surface area contributed by atoms with Crippen LogP contribution >= 0.6 is 22.6 Å². The summed E-state index contributed by atoms with van der Waals surface area (Å²) < 4.78 is 1.13. The summed E-state index contributed by atoms with van der Waals surface area (Å²) in [5, 5.41) is 0. The number of carbonyl (C=O) groups excluding carboxylic acids is 1. The van der Waals surface area contributed by atoms with Gasteiger partial charge in [0.25, 0.3) is 0 Å². The SMILES string of the molecule is CC(N=C=O)c1ccccc1I. The van der Waals surface area contributed by atoms with Gasteiger partial charge in [-0.1, -0.05) is 18.2 Å². The lowest BCUT2D eigenvalue weighted by molar-refractivity contribution is 0.559. The van der Waals surface area contributed by atoms with E-state index in [-0.39, 0.29) is 6.04 Å². The van der Waals surface area contributed by atoms with Crippen molar-refractivity contribution in [2.24, 2.45) is 4.99 Å². The van der Waals surface area contributed by atoms with Crippen LogP contribution in [0.25, 0.3) is 0 Å². The van der Waals surface area contributed by atoms with Crippen molar-refractivity contribution in [3.8, 4) is 0 Å². The van der Waals surface area contributed by atoms with Gasteiger partial charge in [-0.25, -0.2) is 4.79 Å². The van der Waals surface area contributed by atoms with Crippen molar-refractivity contribution in [2.75, 3.05) is 0 Å². The fourth-order valence-corrected chi connectivity index (χ4v) is 1.80. The van der Waals surface area contributed by atoms with Crippen LogP contribution in [0.15, 0.2) is 29.3 Å². The van der Waals surface area contributed by atoms with E-state index in [1.165, 1.54) is 0 Å². The summed E-state index contributed by atoms with van der Waals surface area (Å²) in [5.74, 6) is 0. The number of rotatable bonds is 2. The van der Waals surface area contributed by atoms with Crippen molar-refractivity contribution in [1.29, 1.82) is 0 Å². The van der Waals surface area contributed by atoms with Crippen molar-refractivity contribution >= 4 is 28.7 Å². The molecule has 2 nitrogen and oxygen atoms in total. The quantitative estimate of drug-likeness (QED) is 0.463. The fraction of sp³-hybridized carbons (Fsp3) is 0.222. The zero-order valence-electron chi connectivity index (χ0n) is 6.62. The summed E-state index contributed by atoms with van der Waals surface area (Å²) in [6, 6.07) is 7.77. The molecule has 0 aromatic heterocycles. The van der Waals surface area contributed by atoms with Gasteiger partial charge in [-0.2, -0.15) is 4.99 Å². The standard InChI is InChI=1S/C9H8INO/c1-7(11-6-12)8-4-2-3-5-9(8)10/h2-5,7H,1H3. The zero-order chi connectivity index (χ0) is 8.97. The van der Waals surface area contributed by atoms with Crippen LogP contribution in [0.1, 0.15) is 18.5 Å². The molecule has 0 aliphatic heterocycles. The van der Waals surface area contributed by atoms with Crippen molar-refractivity contribution in [3.05, 3.63) is 33.4 Å². The maximum absolute atomic E-state index is 10.0. The van der Waals surface area contributed by atoms with Crippen LogP contribution in [0, 0.1) is 3.57 Å². The smallest absolute Gasteiger partial charge is 0.211 e. The molecule has 1 unspecified atom stereocenters. The van der Waals surface area contributed by atoms with Crippen LogP contribution in [-0.4, -0.2) is 6.08 Å². The molecule has 62 valence electrons. The zero-order valence-corrected chi connectivity index (χ0v) is 8.78. The van der Waals surface area contributed by atoms with Gasteiger partial charge in [0.05, 0.1) is 6.04 Å². The Morgan fingerprint density at radius 1 is 1.50 bits per heavy atom. The van der Waals surface area contributed by atoms with Crippen LogP contribution in [-0.2, 0) is 4.79 Å². The van der Waals surface area contributed by atoms with Gasteiger partial charge in [0.2, 0.25) is 6.08 Å². The van der Waals surface area contributed by atoms with Gasteiger partial charge in [0.1, 0.15) is 0 Å². The number of isocyanates is 1. The van der Waals surface area contributed by atoms with E-state index in [0.717, 1.165) is 9.13 Å². The van der Waals surface area contributed by atoms with Gasteiger partial charge in [0.15, 0.2) is 0 Å². The molecule has 0 bridgehead atoms. The van der Waals surface area contributed by atoms with Crippen molar-refractivity contribution in [1.82, 2.24) is 0 Å². The molecule has 0 saturated carbocycles. The van der Waals surface area contributed by atoms with Crippen LogP contribution < -0.4 is 0 Å². The predicted octanol–water partition coefficient (Wildman–Crippen LogP) is 2.69. The molecule has 1 aromatic rings. The molecule has 1 atom stereocenters. The second kappa shape index (κ2) is 4.38. The highest BCUT2D eigenvalue weighted by Gasteiger charge is 2.05. The van der Waals surface area contributed by atoms with E-state index in [2.05, 4.69) is 27.6 Å². The fourth-order valence-electron chi connectivity index (χ4n) is 0.963. The minimum atomic E-state index is -0.0874. The lowest BCUT2D eigenvalue weighted by Crippen LogP contribution is -1.91. The summed E-state index contributed by atoms with van der Waals surface area (Å²) in [6.45, 7) is 1.88. The second-order valence-electron chi connectivity index (χ2n) is 2.42. The Hall–Kier alpha value is -0.670. The Labute approximate surface area is 84.8 Å². The van der Waals surface area contributed by atoms with Crippen LogP contribution in [0.4, 0.5) is 0 Å². The first kappa shape index (κ1) is 9.42. The molecule has 12 heavy (non-hydrogen) atoms. The molecule has 0 radical (unpaired) electrons. The monoisotopic (exact) mass is 273 g/mol. The minimum Gasteiger partial charge on any atom is -0.211 e. The molecule has 0 aliphatic rings. The maximum atomic E-state index is 10.0. The van der Waals surface area contributed by atoms with Gasteiger partial charge in [-0.3, -0.25) is 0 Å². The third kappa shape index (κ3) is 2.16. The molecule has 0 N–H and O–H groups in total. The van der Waals surface area contributed by atoms with Gasteiger partial charge in [0, 0.05) is 3.57 Å². The predicted molar refractivity (Wildman–Crippen MR) is 55.7 cm³/mol. The van der Waals surface area contributed by atoms with E-state index in [4.69, 9.17) is 0 Å². The largest absolute Gasteiger partial charge is 0.235 e. The van der Waals surface area contributed by atoms with Crippen molar-refractivity contribution in [2.45, 2.75) is 13.0 Å². The summed E-state index contributed by atoms with van der Waals surface area (Å²) in [7, 11) is 0. The van der Waals surface area contributed by atoms with Gasteiger partial charge < -0.3 is 0 Å². The van der Waals surface area contributed by atoms with Gasteiger partial charge >= 0.3 is 0 Å².